The number of pyridine rings is 1. The average Bonchev–Trinajstić information content (AvgIpc) is 3.31. The van der Waals surface area contributed by atoms with E-state index in [1.165, 1.54) is 0 Å². The molecule has 3 aromatic heterocycles. The molecule has 0 bridgehead atoms. The predicted molar refractivity (Wildman–Crippen MR) is 129 cm³/mol. The highest BCUT2D eigenvalue weighted by Gasteiger charge is 2.24. The SMILES string of the molecule is CNC(=O)C1CCC(/C=N/c2ncc(F)c(-c3cnc4ccc(-c5ccccc5)cn34)n2)CC1. The van der Waals surface area contributed by atoms with Crippen LogP contribution in [0.5, 0.6) is 0 Å². The number of carbonyl (C=O) groups excluding carboxylic acids is 1. The van der Waals surface area contributed by atoms with E-state index in [0.29, 0.717) is 11.3 Å². The van der Waals surface area contributed by atoms with Gasteiger partial charge in [-0.25, -0.2) is 24.3 Å². The number of imidazole rings is 1. The third-order valence-corrected chi connectivity index (χ3v) is 6.38. The van der Waals surface area contributed by atoms with Crippen LogP contribution >= 0.6 is 0 Å². The smallest absolute Gasteiger partial charge is 0.249 e. The number of nitrogens with zero attached hydrogens (tertiary/aromatic N) is 5. The van der Waals surface area contributed by atoms with E-state index in [1.807, 2.05) is 59.3 Å². The fourth-order valence-electron chi connectivity index (χ4n) is 4.46. The van der Waals surface area contributed by atoms with Crippen LogP contribution < -0.4 is 5.32 Å². The van der Waals surface area contributed by atoms with E-state index in [9.17, 15) is 9.18 Å². The van der Waals surface area contributed by atoms with Gasteiger partial charge in [-0.1, -0.05) is 30.3 Å². The number of aliphatic imine (C=N–C) groups is 1. The molecule has 34 heavy (non-hydrogen) atoms. The van der Waals surface area contributed by atoms with Crippen molar-refractivity contribution in [1.29, 1.82) is 0 Å². The van der Waals surface area contributed by atoms with Crippen LogP contribution in [-0.4, -0.2) is 38.5 Å². The van der Waals surface area contributed by atoms with Gasteiger partial charge in [-0.05, 0) is 54.9 Å². The van der Waals surface area contributed by atoms with Crippen molar-refractivity contribution < 1.29 is 9.18 Å². The van der Waals surface area contributed by atoms with Gasteiger partial charge >= 0.3 is 0 Å². The van der Waals surface area contributed by atoms with Gasteiger partial charge in [0.2, 0.25) is 11.9 Å². The van der Waals surface area contributed by atoms with Crippen LogP contribution in [0.15, 0.2) is 66.0 Å². The van der Waals surface area contributed by atoms with Crippen LogP contribution in [0, 0.1) is 17.7 Å². The van der Waals surface area contributed by atoms with E-state index in [0.717, 1.165) is 43.0 Å². The summed E-state index contributed by atoms with van der Waals surface area (Å²) in [6.07, 6.45) is 9.95. The Morgan fingerprint density at radius 3 is 2.62 bits per heavy atom. The number of nitrogens with one attached hydrogen (secondary N) is 1. The summed E-state index contributed by atoms with van der Waals surface area (Å²) in [4.78, 5) is 29.1. The molecule has 0 saturated heterocycles. The minimum Gasteiger partial charge on any atom is -0.359 e. The van der Waals surface area contributed by atoms with E-state index in [-0.39, 0.29) is 29.4 Å². The summed E-state index contributed by atoms with van der Waals surface area (Å²) in [5, 5.41) is 2.72. The highest BCUT2D eigenvalue weighted by atomic mass is 19.1. The third-order valence-electron chi connectivity index (χ3n) is 6.38. The van der Waals surface area contributed by atoms with Crippen molar-refractivity contribution in [3.05, 3.63) is 66.9 Å². The van der Waals surface area contributed by atoms with Crippen molar-refractivity contribution in [1.82, 2.24) is 24.7 Å². The zero-order valence-electron chi connectivity index (χ0n) is 18.9. The predicted octanol–water partition coefficient (Wildman–Crippen LogP) is 4.85. The standard InChI is InChI=1S/C26H25FN6O/c1-28-25(34)19-9-7-17(8-10-19)13-30-26-31-14-21(27)24(32-26)22-15-29-23-12-11-20(16-33(22)23)18-5-3-2-4-6-18/h2-6,11-17,19H,7-10H2,1H3,(H,28,34)/b30-13+. The Morgan fingerprint density at radius 1 is 1.06 bits per heavy atom. The minimum absolute atomic E-state index is 0.0687. The molecule has 0 aliphatic heterocycles. The van der Waals surface area contributed by atoms with Crippen LogP contribution in [-0.2, 0) is 4.79 Å². The molecule has 1 aromatic carbocycles. The van der Waals surface area contributed by atoms with E-state index >= 15 is 0 Å². The van der Waals surface area contributed by atoms with Gasteiger partial charge in [-0.3, -0.25) is 9.20 Å². The van der Waals surface area contributed by atoms with Gasteiger partial charge in [0.25, 0.3) is 0 Å². The summed E-state index contributed by atoms with van der Waals surface area (Å²) in [5.74, 6) is 0.0998. The lowest BCUT2D eigenvalue weighted by Gasteiger charge is -2.24. The zero-order chi connectivity index (χ0) is 23.5. The summed E-state index contributed by atoms with van der Waals surface area (Å²) >= 11 is 0. The van der Waals surface area contributed by atoms with E-state index in [2.05, 4.69) is 25.3 Å². The van der Waals surface area contributed by atoms with Crippen molar-refractivity contribution in [3.8, 4) is 22.5 Å². The average molecular weight is 457 g/mol. The Hall–Kier alpha value is -3.94. The Labute approximate surface area is 196 Å². The normalized spacial score (nSPS) is 18.4. The largest absolute Gasteiger partial charge is 0.359 e. The number of carbonyl (C=O) groups is 1. The van der Waals surface area contributed by atoms with Crippen LogP contribution in [0.1, 0.15) is 25.7 Å². The van der Waals surface area contributed by atoms with Crippen LogP contribution in [0.4, 0.5) is 10.3 Å². The number of halogens is 1. The Bertz CT molecular complexity index is 1340. The first kappa shape index (κ1) is 21.9. The second-order valence-electron chi connectivity index (χ2n) is 8.53. The molecule has 1 aliphatic rings. The molecule has 3 heterocycles. The Balaban J connectivity index is 1.40. The Morgan fingerprint density at radius 2 is 1.85 bits per heavy atom. The van der Waals surface area contributed by atoms with E-state index in [1.54, 1.807) is 13.2 Å². The van der Waals surface area contributed by atoms with Gasteiger partial charge in [0.15, 0.2) is 5.82 Å². The number of hydrogen-bond acceptors (Lipinski definition) is 5. The molecular formula is C26H25FN6O. The monoisotopic (exact) mass is 456 g/mol. The van der Waals surface area contributed by atoms with E-state index in [4.69, 9.17) is 0 Å². The highest BCUT2D eigenvalue weighted by molar-refractivity contribution is 5.78. The Kier molecular flexibility index (Phi) is 6.12. The molecule has 0 unspecified atom stereocenters. The molecule has 1 N–H and O–H groups in total. The third kappa shape index (κ3) is 4.44. The molecule has 0 atom stereocenters. The van der Waals surface area contributed by atoms with Gasteiger partial charge in [-0.15, -0.1) is 0 Å². The van der Waals surface area contributed by atoms with Crippen molar-refractivity contribution in [2.75, 3.05) is 7.05 Å². The van der Waals surface area contributed by atoms with Crippen molar-refractivity contribution in [3.63, 3.8) is 0 Å². The molecule has 1 fully saturated rings. The lowest BCUT2D eigenvalue weighted by molar-refractivity contribution is -0.125. The molecule has 1 aliphatic carbocycles. The molecule has 4 aromatic rings. The summed E-state index contributed by atoms with van der Waals surface area (Å²) in [5.41, 5.74) is 3.44. The number of aromatic nitrogens is 4. The second kappa shape index (κ2) is 9.51. The first-order chi connectivity index (χ1) is 16.6. The number of amides is 1. The molecule has 0 radical (unpaired) electrons. The summed E-state index contributed by atoms with van der Waals surface area (Å²) in [6.45, 7) is 0. The lowest BCUT2D eigenvalue weighted by atomic mass is 9.82. The molecule has 0 spiro atoms. The van der Waals surface area contributed by atoms with Gasteiger partial charge in [0.05, 0.1) is 18.1 Å². The van der Waals surface area contributed by atoms with Crippen LogP contribution in [0.25, 0.3) is 28.2 Å². The van der Waals surface area contributed by atoms with E-state index < -0.39 is 5.82 Å². The maximum atomic E-state index is 14.8. The number of benzene rings is 1. The molecule has 172 valence electrons. The van der Waals surface area contributed by atoms with Crippen molar-refractivity contribution in [2.45, 2.75) is 25.7 Å². The maximum absolute atomic E-state index is 14.8. The fraction of sp³-hybridized carbons (Fsp3) is 0.269. The number of fused-ring (bicyclic) bond motifs is 1. The first-order valence-electron chi connectivity index (χ1n) is 11.4. The van der Waals surface area contributed by atoms with Gasteiger partial charge in [0, 0.05) is 25.4 Å². The molecule has 1 amide bonds. The number of rotatable bonds is 5. The summed E-state index contributed by atoms with van der Waals surface area (Å²) < 4.78 is 16.6. The topological polar surface area (TPSA) is 84.5 Å². The zero-order valence-corrected chi connectivity index (χ0v) is 18.9. The number of hydrogen-bond donors (Lipinski definition) is 1. The lowest BCUT2D eigenvalue weighted by Crippen LogP contribution is -2.30. The van der Waals surface area contributed by atoms with Crippen LogP contribution in [0.3, 0.4) is 0 Å². The fourth-order valence-corrected chi connectivity index (χ4v) is 4.46. The molecule has 1 saturated carbocycles. The molecular weight excluding hydrogens is 431 g/mol. The van der Waals surface area contributed by atoms with Crippen molar-refractivity contribution in [2.24, 2.45) is 16.8 Å². The summed E-state index contributed by atoms with van der Waals surface area (Å²) in [7, 11) is 1.67. The highest BCUT2D eigenvalue weighted by Crippen LogP contribution is 2.29. The molecule has 8 heteroatoms. The minimum atomic E-state index is -0.531. The van der Waals surface area contributed by atoms with Crippen molar-refractivity contribution >= 4 is 23.7 Å². The van der Waals surface area contributed by atoms with Gasteiger partial charge in [-0.2, -0.15) is 0 Å². The first-order valence-corrected chi connectivity index (χ1v) is 11.4. The van der Waals surface area contributed by atoms with Gasteiger partial charge in [0.1, 0.15) is 11.3 Å². The summed E-state index contributed by atoms with van der Waals surface area (Å²) in [6, 6.07) is 13.9. The quantitative estimate of drug-likeness (QED) is 0.435. The van der Waals surface area contributed by atoms with Gasteiger partial charge < -0.3 is 5.32 Å². The molecule has 5 rings (SSSR count). The second-order valence-corrected chi connectivity index (χ2v) is 8.53. The molecule has 7 nitrogen and oxygen atoms in total. The maximum Gasteiger partial charge on any atom is 0.249 e. The van der Waals surface area contributed by atoms with Crippen LogP contribution in [0.2, 0.25) is 0 Å².